The lowest BCUT2D eigenvalue weighted by molar-refractivity contribution is -0.144. The summed E-state index contributed by atoms with van der Waals surface area (Å²) >= 11 is 0. The number of aromatic nitrogens is 2. The van der Waals surface area contributed by atoms with E-state index in [1.165, 1.54) is 13.8 Å². The van der Waals surface area contributed by atoms with Crippen molar-refractivity contribution in [2.75, 3.05) is 13.0 Å². The largest absolute Gasteiger partial charge is 0.465 e. The van der Waals surface area contributed by atoms with E-state index in [2.05, 4.69) is 10.1 Å². The number of carbonyl (C=O) groups is 1. The Kier molecular flexibility index (Phi) is 8.21. The van der Waals surface area contributed by atoms with E-state index in [9.17, 15) is 23.3 Å². The monoisotopic (exact) mass is 497 g/mol. The summed E-state index contributed by atoms with van der Waals surface area (Å²) in [6, 6.07) is 7.21. The number of hydrogen-bond acceptors (Lipinski definition) is 8. The molecular weight excluding hydrogens is 472 g/mol. The molecule has 0 bridgehead atoms. The van der Waals surface area contributed by atoms with Crippen molar-refractivity contribution in [3.63, 3.8) is 0 Å². The SMILES string of the molecule is CCOC(=O)C(C)NP(=O)(COC1C=C(F)C(n2cc(C)c(=O)[nH]c2=O)O1)Oc1ccccc1. The van der Waals surface area contributed by atoms with Gasteiger partial charge in [-0.25, -0.2) is 14.3 Å². The van der Waals surface area contributed by atoms with Crippen molar-refractivity contribution in [3.05, 3.63) is 74.8 Å². The normalized spacial score (nSPS) is 20.3. The van der Waals surface area contributed by atoms with Gasteiger partial charge in [0.05, 0.1) is 6.61 Å². The minimum Gasteiger partial charge on any atom is -0.465 e. The first kappa shape index (κ1) is 25.6. The summed E-state index contributed by atoms with van der Waals surface area (Å²) in [5.41, 5.74) is -1.29. The van der Waals surface area contributed by atoms with Crippen LogP contribution < -0.4 is 20.9 Å². The highest BCUT2D eigenvalue weighted by atomic mass is 31.2. The second-order valence-corrected chi connectivity index (χ2v) is 9.41. The average Bonchev–Trinajstić information content (AvgIpc) is 3.16. The van der Waals surface area contributed by atoms with Crippen LogP contribution in [0.2, 0.25) is 0 Å². The molecule has 13 heteroatoms. The van der Waals surface area contributed by atoms with Crippen LogP contribution in [0, 0.1) is 6.92 Å². The highest BCUT2D eigenvalue weighted by Gasteiger charge is 2.35. The Morgan fingerprint density at radius 3 is 2.71 bits per heavy atom. The summed E-state index contributed by atoms with van der Waals surface area (Å²) in [5, 5.41) is 2.60. The molecule has 11 nitrogen and oxygen atoms in total. The first-order valence-electron chi connectivity index (χ1n) is 10.4. The van der Waals surface area contributed by atoms with Crippen molar-refractivity contribution in [2.45, 2.75) is 39.3 Å². The van der Waals surface area contributed by atoms with Crippen molar-refractivity contribution in [1.29, 1.82) is 0 Å². The van der Waals surface area contributed by atoms with Gasteiger partial charge in [-0.05, 0) is 32.9 Å². The van der Waals surface area contributed by atoms with Crippen molar-refractivity contribution in [2.24, 2.45) is 0 Å². The smallest absolute Gasteiger partial charge is 0.342 e. The summed E-state index contributed by atoms with van der Waals surface area (Å²) in [7, 11) is -3.88. The Morgan fingerprint density at radius 1 is 1.32 bits per heavy atom. The predicted molar refractivity (Wildman–Crippen MR) is 119 cm³/mol. The second kappa shape index (κ2) is 10.9. The summed E-state index contributed by atoms with van der Waals surface area (Å²) in [6.45, 7) is 4.67. The van der Waals surface area contributed by atoms with Gasteiger partial charge in [-0.1, -0.05) is 18.2 Å². The summed E-state index contributed by atoms with van der Waals surface area (Å²) < 4.78 is 50.3. The van der Waals surface area contributed by atoms with Crippen LogP contribution in [0.15, 0.2) is 58.0 Å². The van der Waals surface area contributed by atoms with Crippen LogP contribution in [-0.2, 0) is 23.6 Å². The highest BCUT2D eigenvalue weighted by Crippen LogP contribution is 2.44. The molecule has 0 spiro atoms. The first-order chi connectivity index (χ1) is 16.1. The Balaban J connectivity index is 1.74. The number of aryl methyl sites for hydroxylation is 1. The molecule has 2 heterocycles. The Bertz CT molecular complexity index is 1210. The standard InChI is InChI=1S/C21H25FN3O8P/c1-4-30-20(27)14(3)24-34(29,33-15-8-6-5-7-9-15)12-31-17-10-16(22)19(32-17)25-11-13(2)18(26)23-21(25)28/h5-11,14,17,19H,4,12H2,1-3H3,(H,24,29)(H,23,26,28). The molecule has 0 saturated carbocycles. The van der Waals surface area contributed by atoms with Crippen molar-refractivity contribution in [3.8, 4) is 5.75 Å². The number of aromatic amines is 1. The molecule has 0 saturated heterocycles. The van der Waals surface area contributed by atoms with Crippen molar-refractivity contribution >= 4 is 13.5 Å². The molecule has 1 aliphatic rings. The number of nitrogens with one attached hydrogen (secondary N) is 2. The van der Waals surface area contributed by atoms with Crippen LogP contribution in [0.4, 0.5) is 4.39 Å². The zero-order valence-corrected chi connectivity index (χ0v) is 19.6. The molecule has 4 unspecified atom stereocenters. The van der Waals surface area contributed by atoms with Crippen LogP contribution >= 0.6 is 7.52 Å². The molecule has 34 heavy (non-hydrogen) atoms. The Hall–Kier alpha value is -3.05. The van der Waals surface area contributed by atoms with Crippen LogP contribution in [-0.4, -0.2) is 40.8 Å². The number of nitrogens with zero attached hydrogens (tertiary/aromatic N) is 1. The second-order valence-electron chi connectivity index (χ2n) is 7.36. The van der Waals surface area contributed by atoms with Crippen LogP contribution in [0.25, 0.3) is 0 Å². The number of H-pyrrole nitrogens is 1. The van der Waals surface area contributed by atoms with Gasteiger partial charge in [-0.3, -0.25) is 23.7 Å². The summed E-state index contributed by atoms with van der Waals surface area (Å²) in [5.74, 6) is -1.24. The quantitative estimate of drug-likeness (QED) is 0.374. The molecule has 0 amide bonds. The van der Waals surface area contributed by atoms with Crippen LogP contribution in [0.1, 0.15) is 25.6 Å². The fourth-order valence-electron chi connectivity index (χ4n) is 3.02. The molecule has 3 rings (SSSR count). The lowest BCUT2D eigenvalue weighted by Gasteiger charge is -2.24. The number of halogens is 1. The van der Waals surface area contributed by atoms with E-state index in [0.29, 0.717) is 0 Å². The zero-order valence-electron chi connectivity index (χ0n) is 18.7. The number of benzene rings is 1. The molecule has 2 N–H and O–H groups in total. The van der Waals surface area contributed by atoms with E-state index in [4.69, 9.17) is 18.7 Å². The fourth-order valence-corrected chi connectivity index (χ4v) is 4.70. The van der Waals surface area contributed by atoms with E-state index in [-0.39, 0.29) is 17.9 Å². The predicted octanol–water partition coefficient (Wildman–Crippen LogP) is 2.34. The number of para-hydroxylation sites is 1. The van der Waals surface area contributed by atoms with Gasteiger partial charge in [0, 0.05) is 17.8 Å². The van der Waals surface area contributed by atoms with Gasteiger partial charge in [0.2, 0.25) is 0 Å². The lowest BCUT2D eigenvalue weighted by atomic mass is 10.3. The number of carbonyl (C=O) groups excluding carboxylic acids is 1. The van der Waals surface area contributed by atoms with Gasteiger partial charge >= 0.3 is 19.2 Å². The number of hydrogen-bond donors (Lipinski definition) is 2. The van der Waals surface area contributed by atoms with E-state index >= 15 is 0 Å². The number of rotatable bonds is 10. The van der Waals surface area contributed by atoms with Gasteiger partial charge in [-0.15, -0.1) is 0 Å². The minimum atomic E-state index is -3.88. The molecule has 2 aromatic rings. The number of esters is 1. The Labute approximate surface area is 194 Å². The number of ether oxygens (including phenoxy) is 3. The van der Waals surface area contributed by atoms with Gasteiger partial charge in [-0.2, -0.15) is 0 Å². The van der Waals surface area contributed by atoms with E-state index in [0.717, 1.165) is 16.8 Å². The van der Waals surface area contributed by atoms with E-state index in [1.54, 1.807) is 37.3 Å². The third kappa shape index (κ3) is 6.29. The zero-order chi connectivity index (χ0) is 24.9. The minimum absolute atomic E-state index is 0.135. The van der Waals surface area contributed by atoms with Crippen LogP contribution in [0.3, 0.4) is 0 Å². The third-order valence-corrected chi connectivity index (χ3v) is 6.40. The van der Waals surface area contributed by atoms with Gasteiger partial charge in [0.25, 0.3) is 5.56 Å². The molecule has 1 aromatic carbocycles. The molecule has 1 aromatic heterocycles. The first-order valence-corrected chi connectivity index (χ1v) is 12.2. The van der Waals surface area contributed by atoms with Gasteiger partial charge < -0.3 is 18.7 Å². The molecule has 0 radical (unpaired) electrons. The maximum absolute atomic E-state index is 14.5. The molecule has 0 fully saturated rings. The molecule has 0 aliphatic carbocycles. The Morgan fingerprint density at radius 2 is 2.03 bits per heavy atom. The van der Waals surface area contributed by atoms with Crippen LogP contribution in [0.5, 0.6) is 5.75 Å². The molecule has 4 atom stereocenters. The summed E-state index contributed by atoms with van der Waals surface area (Å²) in [4.78, 5) is 37.7. The van der Waals surface area contributed by atoms with Crippen molar-refractivity contribution < 1.29 is 32.5 Å². The average molecular weight is 497 g/mol. The maximum atomic E-state index is 14.5. The lowest BCUT2D eigenvalue weighted by Crippen LogP contribution is -2.36. The van der Waals surface area contributed by atoms with Gasteiger partial charge in [0.15, 0.2) is 24.7 Å². The third-order valence-electron chi connectivity index (χ3n) is 4.63. The van der Waals surface area contributed by atoms with Gasteiger partial charge in [0.1, 0.15) is 11.8 Å². The maximum Gasteiger partial charge on any atom is 0.342 e. The fraction of sp³-hybridized carbons (Fsp3) is 0.381. The molecule has 184 valence electrons. The highest BCUT2D eigenvalue weighted by molar-refractivity contribution is 7.57. The van der Waals surface area contributed by atoms with Crippen molar-refractivity contribution in [1.82, 2.24) is 14.6 Å². The van der Waals surface area contributed by atoms with E-state index in [1.807, 2.05) is 0 Å². The molecule has 1 aliphatic heterocycles. The topological polar surface area (TPSA) is 138 Å². The molecular formula is C21H25FN3O8P. The van der Waals surface area contributed by atoms with E-state index < -0.39 is 55.5 Å². The summed E-state index contributed by atoms with van der Waals surface area (Å²) in [6.07, 6.45) is -1.29.